The summed E-state index contributed by atoms with van der Waals surface area (Å²) in [5, 5.41) is 12.9. The van der Waals surface area contributed by atoms with Gasteiger partial charge in [-0.25, -0.2) is 0 Å². The zero-order chi connectivity index (χ0) is 10.4. The van der Waals surface area contributed by atoms with Crippen molar-refractivity contribution >= 4 is 0 Å². The van der Waals surface area contributed by atoms with E-state index >= 15 is 0 Å². The third-order valence-electron chi connectivity index (χ3n) is 1.92. The topological polar surface area (TPSA) is 47.3 Å². The molecule has 1 aromatic rings. The van der Waals surface area contributed by atoms with Gasteiger partial charge in [0.15, 0.2) is 5.75 Å². The lowest BCUT2D eigenvalue weighted by molar-refractivity contribution is 0.114. The Morgan fingerprint density at radius 1 is 1.50 bits per heavy atom. The van der Waals surface area contributed by atoms with Crippen molar-refractivity contribution in [2.24, 2.45) is 5.92 Å². The van der Waals surface area contributed by atoms with E-state index in [1.54, 1.807) is 10.9 Å². The van der Waals surface area contributed by atoms with Crippen molar-refractivity contribution in [1.82, 2.24) is 9.78 Å². The van der Waals surface area contributed by atoms with Gasteiger partial charge in [0.25, 0.3) is 0 Å². The van der Waals surface area contributed by atoms with Crippen LogP contribution in [-0.2, 0) is 11.3 Å². The number of nitrogens with zero attached hydrogens (tertiary/aromatic N) is 2. The van der Waals surface area contributed by atoms with Crippen LogP contribution in [-0.4, -0.2) is 28.1 Å². The van der Waals surface area contributed by atoms with Crippen LogP contribution in [0.5, 0.6) is 5.75 Å². The van der Waals surface area contributed by atoms with E-state index in [1.165, 1.54) is 6.20 Å². The minimum atomic E-state index is 0.201. The van der Waals surface area contributed by atoms with Gasteiger partial charge in [-0.2, -0.15) is 5.10 Å². The van der Waals surface area contributed by atoms with Gasteiger partial charge in [-0.1, -0.05) is 13.8 Å². The molecule has 0 aliphatic rings. The van der Waals surface area contributed by atoms with E-state index in [0.29, 0.717) is 19.1 Å². The van der Waals surface area contributed by atoms with Crippen LogP contribution in [0, 0.1) is 5.92 Å². The molecule has 0 aliphatic carbocycles. The summed E-state index contributed by atoms with van der Waals surface area (Å²) in [6, 6.07) is 0. The molecule has 1 aromatic heterocycles. The lowest BCUT2D eigenvalue weighted by atomic mass is 10.1. The normalized spacial score (nSPS) is 11.1. The van der Waals surface area contributed by atoms with Gasteiger partial charge >= 0.3 is 0 Å². The van der Waals surface area contributed by atoms with E-state index in [0.717, 1.165) is 13.0 Å². The third kappa shape index (κ3) is 4.28. The Hall–Kier alpha value is -1.03. The Bertz CT molecular complexity index is 258. The van der Waals surface area contributed by atoms with Crippen molar-refractivity contribution in [3.63, 3.8) is 0 Å². The number of rotatable bonds is 6. The summed E-state index contributed by atoms with van der Waals surface area (Å²) in [4.78, 5) is 0. The van der Waals surface area contributed by atoms with Crippen LogP contribution in [0.15, 0.2) is 12.4 Å². The fourth-order valence-corrected chi connectivity index (χ4v) is 1.05. The quantitative estimate of drug-likeness (QED) is 0.707. The molecule has 0 fully saturated rings. The minimum Gasteiger partial charge on any atom is -0.505 e. The Morgan fingerprint density at radius 2 is 2.29 bits per heavy atom. The van der Waals surface area contributed by atoms with E-state index in [2.05, 4.69) is 18.9 Å². The number of aromatic hydroxyl groups is 1. The van der Waals surface area contributed by atoms with Crippen LogP contribution in [0.25, 0.3) is 0 Å². The SMILES string of the molecule is CC(C)CCOCCn1cc(O)cn1. The first kappa shape index (κ1) is 11.0. The fourth-order valence-electron chi connectivity index (χ4n) is 1.05. The standard InChI is InChI=1S/C10H18N2O2/c1-9(2)3-5-14-6-4-12-8-10(13)7-11-12/h7-9,13H,3-6H2,1-2H3. The molecule has 0 atom stereocenters. The van der Waals surface area contributed by atoms with Crippen molar-refractivity contribution in [3.05, 3.63) is 12.4 Å². The fraction of sp³-hybridized carbons (Fsp3) is 0.700. The molecule has 1 rings (SSSR count). The van der Waals surface area contributed by atoms with Gasteiger partial charge in [0.2, 0.25) is 0 Å². The van der Waals surface area contributed by atoms with E-state index in [9.17, 15) is 0 Å². The molecular formula is C10H18N2O2. The van der Waals surface area contributed by atoms with Crippen LogP contribution in [0.4, 0.5) is 0 Å². The van der Waals surface area contributed by atoms with Gasteiger partial charge in [-0.15, -0.1) is 0 Å². The Labute approximate surface area is 84.5 Å². The first-order valence-corrected chi connectivity index (χ1v) is 4.97. The molecule has 0 aromatic carbocycles. The predicted octanol–water partition coefficient (Wildman–Crippen LogP) is 1.65. The lowest BCUT2D eigenvalue weighted by Gasteiger charge is -2.06. The van der Waals surface area contributed by atoms with Crippen LogP contribution < -0.4 is 0 Å². The maximum atomic E-state index is 9.00. The molecule has 0 amide bonds. The molecule has 0 unspecified atom stereocenters. The highest BCUT2D eigenvalue weighted by Crippen LogP contribution is 2.04. The van der Waals surface area contributed by atoms with Crippen molar-refractivity contribution in [2.45, 2.75) is 26.8 Å². The first-order chi connectivity index (χ1) is 6.68. The first-order valence-electron chi connectivity index (χ1n) is 4.97. The van der Waals surface area contributed by atoms with Gasteiger partial charge in [0, 0.05) is 6.61 Å². The highest BCUT2D eigenvalue weighted by atomic mass is 16.5. The van der Waals surface area contributed by atoms with Crippen molar-refractivity contribution in [1.29, 1.82) is 0 Å². The monoisotopic (exact) mass is 198 g/mol. The molecule has 0 bridgehead atoms. The number of ether oxygens (including phenoxy) is 1. The van der Waals surface area contributed by atoms with E-state index < -0.39 is 0 Å². The maximum Gasteiger partial charge on any atom is 0.153 e. The predicted molar refractivity (Wildman–Crippen MR) is 54.2 cm³/mol. The number of aromatic nitrogens is 2. The molecule has 0 spiro atoms. The lowest BCUT2D eigenvalue weighted by Crippen LogP contribution is -2.08. The van der Waals surface area contributed by atoms with Gasteiger partial charge in [0.05, 0.1) is 25.5 Å². The van der Waals surface area contributed by atoms with Gasteiger partial charge in [-0.05, 0) is 12.3 Å². The minimum absolute atomic E-state index is 0.201. The van der Waals surface area contributed by atoms with Gasteiger partial charge in [0.1, 0.15) is 0 Å². The molecule has 0 saturated carbocycles. The Kier molecular flexibility index (Phi) is 4.46. The van der Waals surface area contributed by atoms with Gasteiger partial charge in [-0.3, -0.25) is 4.68 Å². The highest BCUT2D eigenvalue weighted by Gasteiger charge is 1.96. The van der Waals surface area contributed by atoms with Crippen LogP contribution in [0.2, 0.25) is 0 Å². The molecule has 1 N–H and O–H groups in total. The van der Waals surface area contributed by atoms with Crippen molar-refractivity contribution in [3.8, 4) is 5.75 Å². The Balaban J connectivity index is 2.04. The molecule has 0 saturated heterocycles. The summed E-state index contributed by atoms with van der Waals surface area (Å²) in [7, 11) is 0. The summed E-state index contributed by atoms with van der Waals surface area (Å²) in [5.41, 5.74) is 0. The van der Waals surface area contributed by atoms with E-state index in [4.69, 9.17) is 9.84 Å². The molecule has 80 valence electrons. The molecule has 4 nitrogen and oxygen atoms in total. The molecule has 14 heavy (non-hydrogen) atoms. The smallest absolute Gasteiger partial charge is 0.153 e. The number of hydrogen-bond acceptors (Lipinski definition) is 3. The average molecular weight is 198 g/mol. The zero-order valence-electron chi connectivity index (χ0n) is 8.81. The second-order valence-corrected chi connectivity index (χ2v) is 3.76. The summed E-state index contributed by atoms with van der Waals surface area (Å²) in [6.07, 6.45) is 4.10. The molecule has 0 radical (unpaired) electrons. The highest BCUT2D eigenvalue weighted by molar-refractivity contribution is 5.08. The van der Waals surface area contributed by atoms with E-state index in [-0.39, 0.29) is 5.75 Å². The van der Waals surface area contributed by atoms with Crippen LogP contribution in [0.1, 0.15) is 20.3 Å². The van der Waals surface area contributed by atoms with Gasteiger partial charge < -0.3 is 9.84 Å². The summed E-state index contributed by atoms with van der Waals surface area (Å²) >= 11 is 0. The van der Waals surface area contributed by atoms with Crippen LogP contribution in [0.3, 0.4) is 0 Å². The largest absolute Gasteiger partial charge is 0.505 e. The van der Waals surface area contributed by atoms with Crippen LogP contribution >= 0.6 is 0 Å². The van der Waals surface area contributed by atoms with Crippen molar-refractivity contribution < 1.29 is 9.84 Å². The number of hydrogen-bond donors (Lipinski definition) is 1. The molecule has 4 heteroatoms. The maximum absolute atomic E-state index is 9.00. The zero-order valence-corrected chi connectivity index (χ0v) is 8.81. The van der Waals surface area contributed by atoms with Crippen molar-refractivity contribution in [2.75, 3.05) is 13.2 Å². The Morgan fingerprint density at radius 3 is 2.86 bits per heavy atom. The molecular weight excluding hydrogens is 180 g/mol. The summed E-state index contributed by atoms with van der Waals surface area (Å²) < 4.78 is 7.09. The molecule has 0 aliphatic heterocycles. The summed E-state index contributed by atoms with van der Waals surface area (Å²) in [5.74, 6) is 0.885. The third-order valence-corrected chi connectivity index (χ3v) is 1.92. The molecule has 1 heterocycles. The van der Waals surface area contributed by atoms with E-state index in [1.807, 2.05) is 0 Å². The summed E-state index contributed by atoms with van der Waals surface area (Å²) in [6.45, 7) is 6.49. The average Bonchev–Trinajstić information content (AvgIpc) is 2.50. The second kappa shape index (κ2) is 5.65. The second-order valence-electron chi connectivity index (χ2n) is 3.76.